The van der Waals surface area contributed by atoms with E-state index in [4.69, 9.17) is 0 Å². The van der Waals surface area contributed by atoms with E-state index in [-0.39, 0.29) is 11.4 Å². The van der Waals surface area contributed by atoms with Crippen molar-refractivity contribution in [3.63, 3.8) is 0 Å². The number of carbonyl (C=O) groups excluding carboxylic acids is 1. The molecule has 0 radical (unpaired) electrons. The smallest absolute Gasteiger partial charge is 0.234 e. The Hall–Kier alpha value is -2.16. The summed E-state index contributed by atoms with van der Waals surface area (Å²) in [7, 11) is 0. The van der Waals surface area contributed by atoms with Gasteiger partial charge in [0.1, 0.15) is 11.6 Å². The molecule has 0 unspecified atom stereocenters. The van der Waals surface area contributed by atoms with Crippen molar-refractivity contribution in [3.05, 3.63) is 29.8 Å². The molecule has 9 heteroatoms. The highest BCUT2D eigenvalue weighted by Crippen LogP contribution is 2.41. The van der Waals surface area contributed by atoms with Crippen LogP contribution in [0.4, 0.5) is 20.4 Å². The van der Waals surface area contributed by atoms with Crippen LogP contribution in [-0.4, -0.2) is 39.5 Å². The molecule has 6 nitrogen and oxygen atoms in total. The van der Waals surface area contributed by atoms with Crippen LogP contribution < -0.4 is 10.2 Å². The van der Waals surface area contributed by atoms with E-state index in [0.29, 0.717) is 11.2 Å². The molecule has 2 aliphatic rings. The number of halogens is 2. The third kappa shape index (κ3) is 4.23. The number of nitrogens with zero attached hydrogens (tertiary/aromatic N) is 4. The summed E-state index contributed by atoms with van der Waals surface area (Å²) in [5, 5.41) is 11.8. The normalized spacial score (nSPS) is 17.2. The van der Waals surface area contributed by atoms with Crippen LogP contribution in [0.1, 0.15) is 38.1 Å². The number of anilines is 2. The van der Waals surface area contributed by atoms with Crippen LogP contribution >= 0.6 is 11.8 Å². The minimum absolute atomic E-state index is 0.0564. The van der Waals surface area contributed by atoms with Gasteiger partial charge in [-0.2, -0.15) is 0 Å². The standard InChI is InChI=1S/C18H21F2N5OS/c19-12-4-7-14(20)15(10-12)21-16(26)11-27-18-23-22-17(25(18)13-5-6-13)24-8-2-1-3-9-24/h4,7,10,13H,1-3,5-6,8-9,11H2,(H,21,26). The second kappa shape index (κ2) is 7.84. The summed E-state index contributed by atoms with van der Waals surface area (Å²) in [5.41, 5.74) is -0.154. The first-order valence-corrected chi connectivity index (χ1v) is 10.2. The third-order valence-corrected chi connectivity index (χ3v) is 5.68. The largest absolute Gasteiger partial charge is 0.341 e. The lowest BCUT2D eigenvalue weighted by atomic mass is 10.1. The van der Waals surface area contributed by atoms with Crippen LogP contribution in [-0.2, 0) is 4.79 Å². The first-order valence-electron chi connectivity index (χ1n) is 9.19. The van der Waals surface area contributed by atoms with Crippen molar-refractivity contribution in [1.29, 1.82) is 0 Å². The van der Waals surface area contributed by atoms with Crippen LogP contribution in [0.5, 0.6) is 0 Å². The zero-order valence-corrected chi connectivity index (χ0v) is 15.6. The number of carbonyl (C=O) groups is 1. The number of hydrogen-bond acceptors (Lipinski definition) is 5. The zero-order chi connectivity index (χ0) is 18.8. The van der Waals surface area contributed by atoms with Gasteiger partial charge in [0.15, 0.2) is 5.16 Å². The first kappa shape index (κ1) is 18.2. The maximum atomic E-state index is 13.7. The molecule has 0 atom stereocenters. The van der Waals surface area contributed by atoms with Gasteiger partial charge in [-0.1, -0.05) is 11.8 Å². The lowest BCUT2D eigenvalue weighted by Crippen LogP contribution is -2.32. The van der Waals surface area contributed by atoms with Crippen molar-refractivity contribution in [1.82, 2.24) is 14.8 Å². The highest BCUT2D eigenvalue weighted by molar-refractivity contribution is 7.99. The summed E-state index contributed by atoms with van der Waals surface area (Å²) in [6.45, 7) is 1.96. The van der Waals surface area contributed by atoms with Crippen molar-refractivity contribution < 1.29 is 13.6 Å². The van der Waals surface area contributed by atoms with Gasteiger partial charge in [-0.15, -0.1) is 10.2 Å². The van der Waals surface area contributed by atoms with Crippen molar-refractivity contribution in [2.45, 2.75) is 43.3 Å². The number of nitrogens with one attached hydrogen (secondary N) is 1. The van der Waals surface area contributed by atoms with Gasteiger partial charge < -0.3 is 10.2 Å². The van der Waals surface area contributed by atoms with E-state index in [1.54, 1.807) is 0 Å². The average molecular weight is 393 g/mol. The number of rotatable bonds is 6. The maximum absolute atomic E-state index is 13.7. The highest BCUT2D eigenvalue weighted by atomic mass is 32.2. The molecular weight excluding hydrogens is 372 g/mol. The fraction of sp³-hybridized carbons (Fsp3) is 0.500. The Kier molecular flexibility index (Phi) is 5.29. The summed E-state index contributed by atoms with van der Waals surface area (Å²) in [5.74, 6) is -0.728. The Labute approximate surface area is 160 Å². The van der Waals surface area contributed by atoms with E-state index in [9.17, 15) is 13.6 Å². The molecule has 1 aromatic heterocycles. The molecule has 27 heavy (non-hydrogen) atoms. The molecule has 1 amide bonds. The zero-order valence-electron chi connectivity index (χ0n) is 14.8. The second-order valence-electron chi connectivity index (χ2n) is 6.89. The molecule has 1 aromatic carbocycles. The summed E-state index contributed by atoms with van der Waals surface area (Å²) in [6.07, 6.45) is 5.73. The fourth-order valence-corrected chi connectivity index (χ4v) is 4.04. The number of piperidine rings is 1. The van der Waals surface area contributed by atoms with Gasteiger partial charge in [0.05, 0.1) is 11.4 Å². The molecule has 1 aliphatic carbocycles. The van der Waals surface area contributed by atoms with Crippen LogP contribution in [0.25, 0.3) is 0 Å². The summed E-state index contributed by atoms with van der Waals surface area (Å²) >= 11 is 1.27. The SMILES string of the molecule is O=C(CSc1nnc(N2CCCCC2)n1C1CC1)Nc1cc(F)ccc1F. The van der Waals surface area contributed by atoms with Gasteiger partial charge in [-0.25, -0.2) is 8.78 Å². The summed E-state index contributed by atoms with van der Waals surface area (Å²) in [6, 6.07) is 3.37. The van der Waals surface area contributed by atoms with E-state index in [1.165, 1.54) is 18.2 Å². The number of thioether (sulfide) groups is 1. The molecule has 2 aromatic rings. The average Bonchev–Trinajstić information content (AvgIpc) is 3.43. The minimum atomic E-state index is -0.664. The van der Waals surface area contributed by atoms with E-state index in [0.717, 1.165) is 62.9 Å². The molecule has 2 heterocycles. The molecule has 0 bridgehead atoms. The van der Waals surface area contributed by atoms with Gasteiger partial charge in [0.25, 0.3) is 0 Å². The molecule has 144 valence electrons. The molecule has 4 rings (SSSR count). The number of hydrogen-bond donors (Lipinski definition) is 1. The van der Waals surface area contributed by atoms with Gasteiger partial charge in [-0.05, 0) is 44.2 Å². The van der Waals surface area contributed by atoms with Gasteiger partial charge in [0.2, 0.25) is 11.9 Å². The van der Waals surface area contributed by atoms with E-state index in [1.807, 2.05) is 0 Å². The minimum Gasteiger partial charge on any atom is -0.341 e. The molecule has 0 spiro atoms. The lowest BCUT2D eigenvalue weighted by molar-refractivity contribution is -0.113. The topological polar surface area (TPSA) is 63.1 Å². The molecule has 1 saturated carbocycles. The Bertz CT molecular complexity index is 833. The van der Waals surface area contributed by atoms with E-state index >= 15 is 0 Å². The third-order valence-electron chi connectivity index (χ3n) is 4.73. The van der Waals surface area contributed by atoms with Gasteiger partial charge in [-0.3, -0.25) is 9.36 Å². The monoisotopic (exact) mass is 393 g/mol. The van der Waals surface area contributed by atoms with Crippen LogP contribution in [0, 0.1) is 11.6 Å². The van der Waals surface area contributed by atoms with Crippen LogP contribution in [0.2, 0.25) is 0 Å². The quantitative estimate of drug-likeness (QED) is 0.760. The maximum Gasteiger partial charge on any atom is 0.234 e. The molecular formula is C18H21F2N5OS. The summed E-state index contributed by atoms with van der Waals surface area (Å²) < 4.78 is 29.0. The van der Waals surface area contributed by atoms with E-state index < -0.39 is 17.5 Å². The Morgan fingerprint density at radius 2 is 1.96 bits per heavy atom. The van der Waals surface area contributed by atoms with Crippen molar-refractivity contribution in [2.24, 2.45) is 0 Å². The molecule has 1 aliphatic heterocycles. The van der Waals surface area contributed by atoms with Crippen molar-refractivity contribution >= 4 is 29.3 Å². The van der Waals surface area contributed by atoms with E-state index in [2.05, 4.69) is 25.0 Å². The number of aromatic nitrogens is 3. The highest BCUT2D eigenvalue weighted by Gasteiger charge is 2.32. The molecule has 2 fully saturated rings. The van der Waals surface area contributed by atoms with Crippen molar-refractivity contribution in [2.75, 3.05) is 29.1 Å². The Morgan fingerprint density at radius 1 is 1.19 bits per heavy atom. The predicted octanol–water partition coefficient (Wildman–Crippen LogP) is 3.61. The first-order chi connectivity index (χ1) is 13.1. The predicted molar refractivity (Wildman–Crippen MR) is 100 cm³/mol. The molecule has 1 saturated heterocycles. The van der Waals surface area contributed by atoms with Crippen molar-refractivity contribution in [3.8, 4) is 0 Å². The van der Waals surface area contributed by atoms with Gasteiger partial charge >= 0.3 is 0 Å². The van der Waals surface area contributed by atoms with Gasteiger partial charge in [0, 0.05) is 25.2 Å². The second-order valence-corrected chi connectivity index (χ2v) is 7.83. The van der Waals surface area contributed by atoms with Crippen LogP contribution in [0.15, 0.2) is 23.4 Å². The number of amides is 1. The molecule has 1 N–H and O–H groups in total. The Morgan fingerprint density at radius 3 is 2.70 bits per heavy atom. The number of benzene rings is 1. The summed E-state index contributed by atoms with van der Waals surface area (Å²) in [4.78, 5) is 14.4. The Balaban J connectivity index is 1.42. The van der Waals surface area contributed by atoms with Crippen LogP contribution in [0.3, 0.4) is 0 Å². The lowest BCUT2D eigenvalue weighted by Gasteiger charge is -2.27. The fourth-order valence-electron chi connectivity index (χ4n) is 3.24.